The van der Waals surface area contributed by atoms with Gasteiger partial charge in [-0.25, -0.2) is 9.97 Å². The van der Waals surface area contributed by atoms with Crippen LogP contribution < -0.4 is 0 Å². The van der Waals surface area contributed by atoms with Crippen LogP contribution in [0, 0.1) is 20.8 Å². The zero-order chi connectivity index (χ0) is 20.1. The fraction of sp³-hybridized carbons (Fsp3) is 0.421. The van der Waals surface area contributed by atoms with E-state index in [4.69, 9.17) is 4.42 Å². The van der Waals surface area contributed by atoms with E-state index in [-0.39, 0.29) is 11.7 Å². The summed E-state index contributed by atoms with van der Waals surface area (Å²) in [6.07, 6.45) is 0.849. The van der Waals surface area contributed by atoms with E-state index < -0.39 is 0 Å². The van der Waals surface area contributed by atoms with Crippen LogP contribution in [0.1, 0.15) is 36.2 Å². The van der Waals surface area contributed by atoms with Crippen molar-refractivity contribution < 1.29 is 9.21 Å². The quantitative estimate of drug-likeness (QED) is 0.404. The van der Waals surface area contributed by atoms with E-state index in [9.17, 15) is 4.79 Å². The van der Waals surface area contributed by atoms with Gasteiger partial charge in [-0.1, -0.05) is 24.8 Å². The molecule has 0 atom stereocenters. The van der Waals surface area contributed by atoms with Gasteiger partial charge in [-0.3, -0.25) is 4.79 Å². The first-order chi connectivity index (χ1) is 13.5. The molecular weight excluding hydrogens is 394 g/mol. The minimum atomic E-state index is 0.00204. The second-order valence-corrected chi connectivity index (χ2v) is 8.27. The maximum atomic E-state index is 12.7. The molecule has 0 aliphatic carbocycles. The average Bonchev–Trinajstić information content (AvgIpc) is 3.35. The minimum absolute atomic E-state index is 0.00204. The molecule has 3 heterocycles. The van der Waals surface area contributed by atoms with Gasteiger partial charge in [-0.2, -0.15) is 0 Å². The van der Waals surface area contributed by atoms with Gasteiger partial charge in [-0.15, -0.1) is 21.5 Å². The smallest absolute Gasteiger partial charge is 0.257 e. The molecule has 0 aliphatic rings. The predicted octanol–water partition coefficient (Wildman–Crippen LogP) is 4.04. The molecule has 1 amide bonds. The molecule has 28 heavy (non-hydrogen) atoms. The van der Waals surface area contributed by atoms with Crippen molar-refractivity contribution >= 4 is 29.0 Å². The number of amides is 1. The predicted molar refractivity (Wildman–Crippen MR) is 110 cm³/mol. The molecular formula is C19H23N5O2S2. The molecule has 0 saturated carbocycles. The highest BCUT2D eigenvalue weighted by Gasteiger charge is 2.18. The lowest BCUT2D eigenvalue weighted by atomic mass is 10.2. The number of thiophene rings is 1. The summed E-state index contributed by atoms with van der Waals surface area (Å²) in [6.45, 7) is 8.89. The summed E-state index contributed by atoms with van der Waals surface area (Å²) >= 11 is 2.89. The fourth-order valence-electron chi connectivity index (χ4n) is 2.57. The Bertz CT molecular complexity index is 917. The molecule has 9 heteroatoms. The number of carbonyl (C=O) groups is 1. The fourth-order valence-corrected chi connectivity index (χ4v) is 4.05. The first-order valence-electron chi connectivity index (χ1n) is 9.06. The van der Waals surface area contributed by atoms with E-state index in [1.807, 2.05) is 45.2 Å². The van der Waals surface area contributed by atoms with Crippen molar-refractivity contribution in [3.05, 3.63) is 40.4 Å². The summed E-state index contributed by atoms with van der Waals surface area (Å²) in [7, 11) is 0. The molecule has 0 N–H and O–H groups in total. The summed E-state index contributed by atoms with van der Waals surface area (Å²) in [4.78, 5) is 24.3. The third-order valence-electron chi connectivity index (χ3n) is 4.31. The molecule has 0 aliphatic heterocycles. The lowest BCUT2D eigenvalue weighted by Gasteiger charge is -2.20. The van der Waals surface area contributed by atoms with E-state index in [1.54, 1.807) is 4.90 Å². The van der Waals surface area contributed by atoms with Crippen molar-refractivity contribution in [2.24, 2.45) is 0 Å². The average molecular weight is 418 g/mol. The number of nitrogens with zero attached hydrogens (tertiary/aromatic N) is 5. The zero-order valence-electron chi connectivity index (χ0n) is 16.4. The molecule has 3 rings (SSSR count). The molecule has 0 saturated heterocycles. The second kappa shape index (κ2) is 9.29. The molecule has 0 spiro atoms. The molecule has 3 aromatic heterocycles. The van der Waals surface area contributed by atoms with Crippen molar-refractivity contribution in [2.45, 2.75) is 45.8 Å². The Kier molecular flexibility index (Phi) is 6.79. The van der Waals surface area contributed by atoms with E-state index in [0.29, 0.717) is 30.0 Å². The zero-order valence-corrected chi connectivity index (χ0v) is 18.1. The highest BCUT2D eigenvalue weighted by Crippen LogP contribution is 2.23. The van der Waals surface area contributed by atoms with E-state index in [0.717, 1.165) is 28.2 Å². The van der Waals surface area contributed by atoms with Gasteiger partial charge in [0.2, 0.25) is 11.8 Å². The van der Waals surface area contributed by atoms with E-state index in [2.05, 4.69) is 20.2 Å². The van der Waals surface area contributed by atoms with Gasteiger partial charge in [-0.05, 0) is 44.2 Å². The summed E-state index contributed by atoms with van der Waals surface area (Å²) < 4.78 is 5.73. The third kappa shape index (κ3) is 4.96. The van der Waals surface area contributed by atoms with Crippen LogP contribution in [0.25, 0.3) is 10.8 Å². The van der Waals surface area contributed by atoms with Gasteiger partial charge in [0.05, 0.1) is 17.2 Å². The SMILES string of the molecule is CCCN(Cc1nnc(-c2cccs2)o1)C(=O)CSc1nc(C)c(C)c(C)n1. The van der Waals surface area contributed by atoms with Crippen LogP contribution >= 0.6 is 23.1 Å². The normalized spacial score (nSPS) is 11.0. The van der Waals surface area contributed by atoms with Crippen LogP contribution in [0.2, 0.25) is 0 Å². The first kappa shape index (κ1) is 20.5. The molecule has 0 bridgehead atoms. The van der Waals surface area contributed by atoms with Gasteiger partial charge in [0.1, 0.15) is 0 Å². The molecule has 0 fully saturated rings. The number of hydrogen-bond donors (Lipinski definition) is 0. The number of carbonyl (C=O) groups excluding carboxylic acids is 1. The number of aromatic nitrogens is 4. The van der Waals surface area contributed by atoms with Crippen molar-refractivity contribution in [1.82, 2.24) is 25.1 Å². The van der Waals surface area contributed by atoms with Crippen LogP contribution in [0.15, 0.2) is 27.1 Å². The Balaban J connectivity index is 1.64. The summed E-state index contributed by atoms with van der Waals surface area (Å²) in [5, 5.41) is 10.8. The molecule has 0 unspecified atom stereocenters. The molecule has 7 nitrogen and oxygen atoms in total. The van der Waals surface area contributed by atoms with Gasteiger partial charge < -0.3 is 9.32 Å². The largest absolute Gasteiger partial charge is 0.418 e. The Morgan fingerprint density at radius 2 is 1.96 bits per heavy atom. The van der Waals surface area contributed by atoms with Crippen LogP contribution in [-0.2, 0) is 11.3 Å². The van der Waals surface area contributed by atoms with Gasteiger partial charge in [0.15, 0.2) is 5.16 Å². The van der Waals surface area contributed by atoms with Crippen molar-refractivity contribution in [1.29, 1.82) is 0 Å². The highest BCUT2D eigenvalue weighted by molar-refractivity contribution is 7.99. The van der Waals surface area contributed by atoms with Gasteiger partial charge in [0, 0.05) is 17.9 Å². The van der Waals surface area contributed by atoms with E-state index in [1.165, 1.54) is 23.1 Å². The van der Waals surface area contributed by atoms with E-state index >= 15 is 0 Å². The maximum Gasteiger partial charge on any atom is 0.257 e. The topological polar surface area (TPSA) is 85.0 Å². The summed E-state index contributed by atoms with van der Waals surface area (Å²) in [6, 6.07) is 3.86. The molecule has 3 aromatic rings. The van der Waals surface area contributed by atoms with Crippen molar-refractivity contribution in [2.75, 3.05) is 12.3 Å². The standard InChI is InChI=1S/C19H23N5O2S2/c1-5-8-24(10-16-22-23-18(26-16)15-7-6-9-27-15)17(25)11-28-19-20-13(3)12(2)14(4)21-19/h6-7,9H,5,8,10-11H2,1-4H3. The van der Waals surface area contributed by atoms with Crippen LogP contribution in [0.4, 0.5) is 0 Å². The van der Waals surface area contributed by atoms with Crippen LogP contribution in [-0.4, -0.2) is 43.3 Å². The lowest BCUT2D eigenvalue weighted by molar-refractivity contribution is -0.129. The Morgan fingerprint density at radius 1 is 1.21 bits per heavy atom. The number of aryl methyl sites for hydroxylation is 2. The van der Waals surface area contributed by atoms with Gasteiger partial charge in [0.25, 0.3) is 5.89 Å². The third-order valence-corrected chi connectivity index (χ3v) is 6.00. The number of rotatable bonds is 8. The van der Waals surface area contributed by atoms with Crippen molar-refractivity contribution in [3.63, 3.8) is 0 Å². The van der Waals surface area contributed by atoms with Crippen molar-refractivity contribution in [3.8, 4) is 10.8 Å². The minimum Gasteiger partial charge on any atom is -0.418 e. The Hall–Kier alpha value is -2.26. The maximum absolute atomic E-state index is 12.7. The molecule has 0 aromatic carbocycles. The molecule has 0 radical (unpaired) electrons. The van der Waals surface area contributed by atoms with Gasteiger partial charge >= 0.3 is 0 Å². The Morgan fingerprint density at radius 3 is 2.61 bits per heavy atom. The Labute approximate surface area is 172 Å². The summed E-state index contributed by atoms with van der Waals surface area (Å²) in [5.41, 5.74) is 2.97. The van der Waals surface area contributed by atoms with Crippen LogP contribution in [0.3, 0.4) is 0 Å². The lowest BCUT2D eigenvalue weighted by Crippen LogP contribution is -2.32. The second-order valence-electron chi connectivity index (χ2n) is 6.38. The highest BCUT2D eigenvalue weighted by atomic mass is 32.2. The molecule has 148 valence electrons. The monoisotopic (exact) mass is 417 g/mol. The number of thioether (sulfide) groups is 1. The number of hydrogen-bond acceptors (Lipinski definition) is 8. The summed E-state index contributed by atoms with van der Waals surface area (Å²) in [5.74, 6) is 1.20. The van der Waals surface area contributed by atoms with Crippen LogP contribution in [0.5, 0.6) is 0 Å². The first-order valence-corrected chi connectivity index (χ1v) is 10.9.